The Balaban J connectivity index is 2.05. The maximum Gasteiger partial charge on any atom is 0.229 e. The Morgan fingerprint density at radius 1 is 1.32 bits per heavy atom. The Bertz CT molecular complexity index is 630. The van der Waals surface area contributed by atoms with Crippen LogP contribution in [0.3, 0.4) is 0 Å². The molecule has 2 aromatic rings. The third-order valence-electron chi connectivity index (χ3n) is 3.73. The van der Waals surface area contributed by atoms with Gasteiger partial charge in [0.25, 0.3) is 0 Å². The van der Waals surface area contributed by atoms with Gasteiger partial charge in [0.05, 0.1) is 5.69 Å². The smallest absolute Gasteiger partial charge is 0.229 e. The van der Waals surface area contributed by atoms with Crippen LogP contribution in [0.25, 0.3) is 0 Å². The molecular formula is C16H22FN5. The van der Waals surface area contributed by atoms with Crippen LogP contribution in [0.1, 0.15) is 18.9 Å². The lowest BCUT2D eigenvalue weighted by Gasteiger charge is -2.19. The minimum absolute atomic E-state index is 0.298. The normalized spacial score (nSPS) is 12.4. The van der Waals surface area contributed by atoms with Gasteiger partial charge in [0.2, 0.25) is 5.95 Å². The van der Waals surface area contributed by atoms with Gasteiger partial charge in [-0.15, -0.1) is 0 Å². The van der Waals surface area contributed by atoms with Crippen LogP contribution in [0.5, 0.6) is 0 Å². The van der Waals surface area contributed by atoms with Crippen LogP contribution in [0, 0.1) is 5.82 Å². The van der Waals surface area contributed by atoms with E-state index in [0.29, 0.717) is 23.5 Å². The molecule has 22 heavy (non-hydrogen) atoms. The average molecular weight is 303 g/mol. The van der Waals surface area contributed by atoms with Crippen LogP contribution in [-0.4, -0.2) is 35.0 Å². The van der Waals surface area contributed by atoms with Crippen LogP contribution in [0.15, 0.2) is 30.5 Å². The Hall–Kier alpha value is -2.21. The number of halogens is 1. The summed E-state index contributed by atoms with van der Waals surface area (Å²) < 4.78 is 13.6. The van der Waals surface area contributed by atoms with Crippen LogP contribution in [0.4, 0.5) is 21.8 Å². The molecule has 2 rings (SSSR count). The number of hydrogen-bond acceptors (Lipinski definition) is 5. The lowest BCUT2D eigenvalue weighted by atomic mass is 10.1. The summed E-state index contributed by atoms with van der Waals surface area (Å²) in [6.07, 6.45) is 3.49. The number of nitrogens with zero attached hydrogens (tertiary/aromatic N) is 3. The first-order valence-electron chi connectivity index (χ1n) is 7.26. The van der Waals surface area contributed by atoms with Crippen molar-refractivity contribution in [3.8, 4) is 0 Å². The largest absolute Gasteiger partial charge is 0.383 e. The quantitative estimate of drug-likeness (QED) is 0.859. The number of nitrogen functional groups attached to an aromatic ring is 1. The van der Waals surface area contributed by atoms with Crippen molar-refractivity contribution in [2.75, 3.05) is 25.1 Å². The molecule has 5 nitrogen and oxygen atoms in total. The molecule has 0 fully saturated rings. The van der Waals surface area contributed by atoms with Crippen LogP contribution in [0.2, 0.25) is 0 Å². The van der Waals surface area contributed by atoms with E-state index in [9.17, 15) is 4.39 Å². The summed E-state index contributed by atoms with van der Waals surface area (Å²) in [7, 11) is 4.10. The third-order valence-corrected chi connectivity index (χ3v) is 3.73. The molecule has 1 atom stereocenters. The summed E-state index contributed by atoms with van der Waals surface area (Å²) in [6, 6.07) is 6.83. The van der Waals surface area contributed by atoms with E-state index in [0.717, 1.165) is 18.4 Å². The molecule has 6 heteroatoms. The Morgan fingerprint density at radius 2 is 2.05 bits per heavy atom. The van der Waals surface area contributed by atoms with Gasteiger partial charge in [-0.25, -0.2) is 9.37 Å². The third kappa shape index (κ3) is 4.14. The first-order chi connectivity index (χ1) is 10.5. The molecule has 0 aliphatic carbocycles. The molecule has 3 N–H and O–H groups in total. The Labute approximate surface area is 130 Å². The zero-order chi connectivity index (χ0) is 16.1. The van der Waals surface area contributed by atoms with E-state index in [1.54, 1.807) is 24.4 Å². The highest BCUT2D eigenvalue weighted by atomic mass is 19.1. The van der Waals surface area contributed by atoms with E-state index in [-0.39, 0.29) is 5.82 Å². The SMILES string of the molecule is CC(CCc1cnc(Nc2ccccc2F)nc1N)N(C)C. The van der Waals surface area contributed by atoms with Crippen molar-refractivity contribution in [2.24, 2.45) is 0 Å². The highest BCUT2D eigenvalue weighted by Crippen LogP contribution is 2.19. The van der Waals surface area contributed by atoms with Crippen molar-refractivity contribution < 1.29 is 4.39 Å². The van der Waals surface area contributed by atoms with Crippen molar-refractivity contribution in [1.82, 2.24) is 14.9 Å². The highest BCUT2D eigenvalue weighted by molar-refractivity contribution is 5.55. The van der Waals surface area contributed by atoms with Crippen molar-refractivity contribution in [3.05, 3.63) is 41.8 Å². The highest BCUT2D eigenvalue weighted by Gasteiger charge is 2.09. The fraction of sp³-hybridized carbons (Fsp3) is 0.375. The number of aromatic nitrogens is 2. The van der Waals surface area contributed by atoms with Crippen molar-refractivity contribution in [1.29, 1.82) is 0 Å². The molecule has 1 aromatic carbocycles. The monoisotopic (exact) mass is 303 g/mol. The first-order valence-corrected chi connectivity index (χ1v) is 7.26. The second-order valence-electron chi connectivity index (χ2n) is 5.56. The van der Waals surface area contributed by atoms with E-state index in [2.05, 4.69) is 27.1 Å². The number of benzene rings is 1. The summed E-state index contributed by atoms with van der Waals surface area (Å²) in [4.78, 5) is 10.6. The summed E-state index contributed by atoms with van der Waals surface area (Å²) in [5.74, 6) is 0.375. The molecule has 0 bridgehead atoms. The summed E-state index contributed by atoms with van der Waals surface area (Å²) in [5.41, 5.74) is 7.22. The van der Waals surface area contributed by atoms with Gasteiger partial charge in [0.15, 0.2) is 0 Å². The number of nitrogens with one attached hydrogen (secondary N) is 1. The lowest BCUT2D eigenvalue weighted by Crippen LogP contribution is -2.25. The molecule has 0 amide bonds. The fourth-order valence-corrected chi connectivity index (χ4v) is 1.98. The number of anilines is 3. The van der Waals surface area contributed by atoms with E-state index < -0.39 is 0 Å². The van der Waals surface area contributed by atoms with E-state index in [1.165, 1.54) is 6.07 Å². The maximum absolute atomic E-state index is 13.6. The van der Waals surface area contributed by atoms with Gasteiger partial charge >= 0.3 is 0 Å². The zero-order valence-electron chi connectivity index (χ0n) is 13.2. The van der Waals surface area contributed by atoms with Gasteiger partial charge in [-0.3, -0.25) is 0 Å². The van der Waals surface area contributed by atoms with Crippen molar-refractivity contribution in [3.63, 3.8) is 0 Å². The Kier molecular flexibility index (Phi) is 5.27. The predicted molar refractivity (Wildman–Crippen MR) is 87.6 cm³/mol. The number of aryl methyl sites for hydroxylation is 1. The molecule has 1 aromatic heterocycles. The molecule has 0 saturated carbocycles. The minimum Gasteiger partial charge on any atom is -0.383 e. The standard InChI is InChI=1S/C16H22FN5/c1-11(22(2)3)8-9-12-10-19-16(21-15(12)18)20-14-7-5-4-6-13(14)17/h4-7,10-11H,8-9H2,1-3H3,(H3,18,19,20,21). The number of rotatable bonds is 6. The molecule has 0 aliphatic heterocycles. The molecule has 0 saturated heterocycles. The van der Waals surface area contributed by atoms with Gasteiger partial charge in [-0.1, -0.05) is 12.1 Å². The van der Waals surface area contributed by atoms with Gasteiger partial charge in [0, 0.05) is 17.8 Å². The fourth-order valence-electron chi connectivity index (χ4n) is 1.98. The molecule has 0 aliphatic rings. The molecular weight excluding hydrogens is 281 g/mol. The second-order valence-corrected chi connectivity index (χ2v) is 5.56. The summed E-state index contributed by atoms with van der Waals surface area (Å²) in [6.45, 7) is 2.16. The van der Waals surface area contributed by atoms with Crippen LogP contribution < -0.4 is 11.1 Å². The lowest BCUT2D eigenvalue weighted by molar-refractivity contribution is 0.299. The van der Waals surface area contributed by atoms with E-state index in [1.807, 2.05) is 14.1 Å². The maximum atomic E-state index is 13.6. The van der Waals surface area contributed by atoms with Crippen molar-refractivity contribution in [2.45, 2.75) is 25.8 Å². The predicted octanol–water partition coefficient (Wildman–Crippen LogP) is 2.82. The van der Waals surface area contributed by atoms with Gasteiger partial charge in [0.1, 0.15) is 11.6 Å². The van der Waals surface area contributed by atoms with Crippen LogP contribution >= 0.6 is 0 Å². The van der Waals surface area contributed by atoms with Crippen molar-refractivity contribution >= 4 is 17.5 Å². The number of hydrogen-bond donors (Lipinski definition) is 2. The van der Waals surface area contributed by atoms with E-state index in [4.69, 9.17) is 5.73 Å². The van der Waals surface area contributed by atoms with Gasteiger partial charge in [-0.05, 0) is 46.0 Å². The molecule has 1 unspecified atom stereocenters. The summed E-state index contributed by atoms with van der Waals surface area (Å²) >= 11 is 0. The van der Waals surface area contributed by atoms with Gasteiger partial charge in [-0.2, -0.15) is 4.98 Å². The Morgan fingerprint density at radius 3 is 2.68 bits per heavy atom. The van der Waals surface area contributed by atoms with E-state index >= 15 is 0 Å². The molecule has 0 spiro atoms. The second kappa shape index (κ2) is 7.17. The number of para-hydroxylation sites is 1. The number of nitrogens with two attached hydrogens (primary N) is 1. The first kappa shape index (κ1) is 16.2. The molecule has 118 valence electrons. The minimum atomic E-state index is -0.353. The molecule has 1 heterocycles. The topological polar surface area (TPSA) is 67.1 Å². The zero-order valence-corrected chi connectivity index (χ0v) is 13.2. The molecule has 0 radical (unpaired) electrons. The average Bonchev–Trinajstić information content (AvgIpc) is 2.48. The van der Waals surface area contributed by atoms with Gasteiger partial charge < -0.3 is 16.0 Å². The van der Waals surface area contributed by atoms with Crippen LogP contribution in [-0.2, 0) is 6.42 Å². The summed E-state index contributed by atoms with van der Waals surface area (Å²) in [5, 5.41) is 2.84.